The largest absolute Gasteiger partial charge is 0.490 e. The Bertz CT molecular complexity index is 795. The summed E-state index contributed by atoms with van der Waals surface area (Å²) in [5, 5.41) is 3.89. The smallest absolute Gasteiger partial charge is 0.271 e. The Kier molecular flexibility index (Phi) is 6.55. The Balaban J connectivity index is 2.04. The number of rotatable bonds is 7. The highest BCUT2D eigenvalue weighted by Crippen LogP contribution is 2.27. The first-order chi connectivity index (χ1) is 12.1. The molecule has 1 amide bonds. The maximum Gasteiger partial charge on any atom is 0.271 e. The summed E-state index contributed by atoms with van der Waals surface area (Å²) in [5.41, 5.74) is 3.39. The Morgan fingerprint density at radius 1 is 1.24 bits per heavy atom. The minimum Gasteiger partial charge on any atom is -0.490 e. The summed E-state index contributed by atoms with van der Waals surface area (Å²) < 4.78 is 23.7. The summed E-state index contributed by atoms with van der Waals surface area (Å²) in [6, 6.07) is 10.4. The fourth-order valence-electron chi connectivity index (χ4n) is 1.94. The molecule has 0 heterocycles. The van der Waals surface area contributed by atoms with Crippen LogP contribution in [0.5, 0.6) is 11.5 Å². The van der Waals surface area contributed by atoms with E-state index in [0.717, 1.165) is 0 Å². The molecule has 0 radical (unpaired) electrons. The molecule has 25 heavy (non-hydrogen) atoms. The van der Waals surface area contributed by atoms with Gasteiger partial charge in [0.25, 0.3) is 5.91 Å². The third-order valence-corrected chi connectivity index (χ3v) is 3.06. The number of hydrogen-bond acceptors (Lipinski definition) is 4. The second-order valence-corrected chi connectivity index (χ2v) is 4.84. The molecule has 2 aromatic rings. The normalized spacial score (nSPS) is 10.3. The van der Waals surface area contributed by atoms with Gasteiger partial charge in [-0.15, -0.1) is 6.42 Å². The van der Waals surface area contributed by atoms with Crippen molar-refractivity contribution in [2.45, 2.75) is 6.92 Å². The minimum absolute atomic E-state index is 0.140. The molecule has 0 fully saturated rings. The third-order valence-electron chi connectivity index (χ3n) is 3.06. The summed E-state index contributed by atoms with van der Waals surface area (Å²) in [7, 11) is 0. The van der Waals surface area contributed by atoms with E-state index < -0.39 is 11.7 Å². The van der Waals surface area contributed by atoms with E-state index in [0.29, 0.717) is 29.2 Å². The lowest BCUT2D eigenvalue weighted by Gasteiger charge is -2.10. The number of halogens is 1. The van der Waals surface area contributed by atoms with E-state index >= 15 is 0 Å². The van der Waals surface area contributed by atoms with Gasteiger partial charge in [0, 0.05) is 5.56 Å². The van der Waals surface area contributed by atoms with E-state index in [1.54, 1.807) is 18.2 Å². The number of hydrogen-bond donors (Lipinski definition) is 1. The molecule has 0 saturated heterocycles. The second-order valence-electron chi connectivity index (χ2n) is 4.84. The van der Waals surface area contributed by atoms with Crippen molar-refractivity contribution < 1.29 is 18.7 Å². The van der Waals surface area contributed by atoms with Gasteiger partial charge >= 0.3 is 0 Å². The van der Waals surface area contributed by atoms with Gasteiger partial charge in [0.15, 0.2) is 11.5 Å². The summed E-state index contributed by atoms with van der Waals surface area (Å²) in [4.78, 5) is 11.9. The average molecular weight is 340 g/mol. The molecule has 1 N–H and O–H groups in total. The van der Waals surface area contributed by atoms with Gasteiger partial charge in [0.2, 0.25) is 0 Å². The third kappa shape index (κ3) is 5.36. The van der Waals surface area contributed by atoms with Crippen LogP contribution in [-0.2, 0) is 0 Å². The van der Waals surface area contributed by atoms with Crippen LogP contribution in [0.4, 0.5) is 4.39 Å². The van der Waals surface area contributed by atoms with Crippen LogP contribution in [0, 0.1) is 18.2 Å². The van der Waals surface area contributed by atoms with Crippen molar-refractivity contribution in [1.82, 2.24) is 5.43 Å². The number of ether oxygens (including phenoxy) is 2. The van der Waals surface area contributed by atoms with E-state index in [4.69, 9.17) is 15.9 Å². The van der Waals surface area contributed by atoms with Gasteiger partial charge in [0.1, 0.15) is 12.4 Å². The molecule has 0 aliphatic rings. The Morgan fingerprint density at radius 3 is 2.68 bits per heavy atom. The van der Waals surface area contributed by atoms with E-state index in [9.17, 15) is 9.18 Å². The second kappa shape index (κ2) is 9.08. The van der Waals surface area contributed by atoms with Crippen LogP contribution < -0.4 is 14.9 Å². The molecule has 0 aliphatic heterocycles. The molecular weight excluding hydrogens is 323 g/mol. The first-order valence-corrected chi connectivity index (χ1v) is 7.56. The monoisotopic (exact) mass is 340 g/mol. The number of carbonyl (C=O) groups is 1. The quantitative estimate of drug-likeness (QED) is 0.479. The molecule has 2 aromatic carbocycles. The molecule has 0 spiro atoms. The molecule has 0 unspecified atom stereocenters. The number of terminal acetylenes is 1. The number of carbonyl (C=O) groups excluding carboxylic acids is 1. The van der Waals surface area contributed by atoms with Crippen molar-refractivity contribution in [1.29, 1.82) is 0 Å². The molecule has 0 aromatic heterocycles. The maximum atomic E-state index is 12.8. The van der Waals surface area contributed by atoms with E-state index in [1.807, 2.05) is 6.92 Å². The van der Waals surface area contributed by atoms with Crippen LogP contribution in [-0.4, -0.2) is 25.3 Å². The van der Waals surface area contributed by atoms with Crippen molar-refractivity contribution in [3.05, 3.63) is 59.4 Å². The van der Waals surface area contributed by atoms with Crippen LogP contribution in [0.25, 0.3) is 0 Å². The van der Waals surface area contributed by atoms with Gasteiger partial charge in [-0.1, -0.05) is 5.92 Å². The van der Waals surface area contributed by atoms with E-state index in [2.05, 4.69) is 16.4 Å². The van der Waals surface area contributed by atoms with Crippen LogP contribution in [0.15, 0.2) is 47.6 Å². The Labute approximate surface area is 145 Å². The summed E-state index contributed by atoms with van der Waals surface area (Å²) >= 11 is 0. The fraction of sp³-hybridized carbons (Fsp3) is 0.158. The molecule has 0 bridgehead atoms. The molecule has 0 atom stereocenters. The topological polar surface area (TPSA) is 59.9 Å². The van der Waals surface area contributed by atoms with Gasteiger partial charge in [-0.3, -0.25) is 4.79 Å². The molecule has 0 saturated carbocycles. The highest BCUT2D eigenvalue weighted by atomic mass is 19.1. The fourth-order valence-corrected chi connectivity index (χ4v) is 1.94. The summed E-state index contributed by atoms with van der Waals surface area (Å²) in [5.74, 6) is 2.62. The molecule has 2 rings (SSSR count). The Morgan fingerprint density at radius 2 is 2.00 bits per heavy atom. The zero-order valence-electron chi connectivity index (χ0n) is 13.7. The van der Waals surface area contributed by atoms with Crippen LogP contribution in [0.1, 0.15) is 22.8 Å². The minimum atomic E-state index is -0.435. The standard InChI is InChI=1S/C19H17FN2O3/c1-3-11-25-17-10-5-14(12-18(17)24-4-2)13-21-22-19(23)15-6-8-16(20)9-7-15/h1,5-10,12-13H,4,11H2,2H3,(H,22,23)/b21-13-. The van der Waals surface area contributed by atoms with Crippen molar-refractivity contribution in [2.75, 3.05) is 13.2 Å². The summed E-state index contributed by atoms with van der Waals surface area (Å²) in [6.07, 6.45) is 6.65. The SMILES string of the molecule is C#CCOc1ccc(/C=N\NC(=O)c2ccc(F)cc2)cc1OCC. The molecule has 5 nitrogen and oxygen atoms in total. The number of amides is 1. The number of hydrazone groups is 1. The van der Waals surface area contributed by atoms with Crippen LogP contribution in [0.2, 0.25) is 0 Å². The van der Waals surface area contributed by atoms with E-state index in [1.165, 1.54) is 30.5 Å². The highest BCUT2D eigenvalue weighted by molar-refractivity contribution is 5.94. The van der Waals surface area contributed by atoms with E-state index in [-0.39, 0.29) is 6.61 Å². The number of nitrogens with one attached hydrogen (secondary N) is 1. The molecule has 0 aliphatic carbocycles. The predicted molar refractivity (Wildman–Crippen MR) is 93.4 cm³/mol. The highest BCUT2D eigenvalue weighted by Gasteiger charge is 2.06. The molecule has 6 heteroatoms. The first-order valence-electron chi connectivity index (χ1n) is 7.56. The zero-order chi connectivity index (χ0) is 18.1. The zero-order valence-corrected chi connectivity index (χ0v) is 13.7. The van der Waals surface area contributed by atoms with Crippen molar-refractivity contribution >= 4 is 12.1 Å². The lowest BCUT2D eigenvalue weighted by molar-refractivity contribution is 0.0955. The van der Waals surface area contributed by atoms with Gasteiger partial charge in [-0.05, 0) is 55.0 Å². The summed E-state index contributed by atoms with van der Waals surface area (Å²) in [6.45, 7) is 2.46. The van der Waals surface area contributed by atoms with Crippen LogP contribution >= 0.6 is 0 Å². The lowest BCUT2D eigenvalue weighted by Crippen LogP contribution is -2.17. The van der Waals surface area contributed by atoms with Crippen LogP contribution in [0.3, 0.4) is 0 Å². The number of benzene rings is 2. The van der Waals surface area contributed by atoms with Gasteiger partial charge in [0.05, 0.1) is 12.8 Å². The van der Waals surface area contributed by atoms with Crippen molar-refractivity contribution in [3.8, 4) is 23.8 Å². The Hall–Kier alpha value is -3.33. The number of nitrogens with zero attached hydrogens (tertiary/aromatic N) is 1. The maximum absolute atomic E-state index is 12.8. The molecule has 128 valence electrons. The first kappa shape index (κ1) is 18.0. The van der Waals surface area contributed by atoms with Crippen molar-refractivity contribution in [3.63, 3.8) is 0 Å². The average Bonchev–Trinajstić information content (AvgIpc) is 2.62. The predicted octanol–water partition coefficient (Wildman–Crippen LogP) is 3.00. The van der Waals surface area contributed by atoms with Gasteiger partial charge in [-0.2, -0.15) is 5.10 Å². The lowest BCUT2D eigenvalue weighted by atomic mass is 10.2. The van der Waals surface area contributed by atoms with Gasteiger partial charge < -0.3 is 9.47 Å². The molecular formula is C19H17FN2O3. The van der Waals surface area contributed by atoms with Gasteiger partial charge in [-0.25, -0.2) is 9.82 Å². The van der Waals surface area contributed by atoms with Crippen molar-refractivity contribution in [2.24, 2.45) is 5.10 Å².